The van der Waals surface area contributed by atoms with Crippen molar-refractivity contribution in [2.24, 2.45) is 0 Å². The molecule has 2 nitrogen and oxygen atoms in total. The van der Waals surface area contributed by atoms with Crippen molar-refractivity contribution in [3.8, 4) is 0 Å². The largest absolute Gasteiger partial charge is 0.280 e. The van der Waals surface area contributed by atoms with E-state index in [1.165, 1.54) is 30.5 Å². The first-order valence-electron chi connectivity index (χ1n) is 10.6. The van der Waals surface area contributed by atoms with Gasteiger partial charge in [-0.05, 0) is 55.5 Å². The van der Waals surface area contributed by atoms with Crippen LogP contribution >= 0.6 is 0 Å². The Kier molecular flexibility index (Phi) is 7.02. The number of para-hydroxylation sites is 1. The van der Waals surface area contributed by atoms with Crippen molar-refractivity contribution in [1.29, 1.82) is 0 Å². The molecular formula is C25H30FNO. The van der Waals surface area contributed by atoms with Gasteiger partial charge in [0.15, 0.2) is 0 Å². The van der Waals surface area contributed by atoms with Gasteiger partial charge in [0.25, 0.3) is 5.91 Å². The Bertz CT molecular complexity index is 941. The van der Waals surface area contributed by atoms with Crippen molar-refractivity contribution in [3.63, 3.8) is 0 Å². The summed E-state index contributed by atoms with van der Waals surface area (Å²) in [6.07, 6.45) is 8.69. The maximum Gasteiger partial charge on any atom is 0.262 e. The number of aryl methyl sites for hydroxylation is 1. The van der Waals surface area contributed by atoms with Crippen molar-refractivity contribution < 1.29 is 9.18 Å². The zero-order valence-electron chi connectivity index (χ0n) is 17.0. The lowest BCUT2D eigenvalue weighted by Crippen LogP contribution is -2.16. The van der Waals surface area contributed by atoms with Gasteiger partial charge in [-0.3, -0.25) is 9.36 Å². The summed E-state index contributed by atoms with van der Waals surface area (Å²) in [5.41, 5.74) is 3.75. The maximum absolute atomic E-state index is 13.8. The SMILES string of the molecule is CCCCCc1c(CCCCC)n(C(=O)c2cccc(F)c2)c2ccccc12. The van der Waals surface area contributed by atoms with E-state index in [0.717, 1.165) is 55.1 Å². The van der Waals surface area contributed by atoms with Gasteiger partial charge in [-0.2, -0.15) is 0 Å². The van der Waals surface area contributed by atoms with Gasteiger partial charge in [0.1, 0.15) is 5.82 Å². The minimum Gasteiger partial charge on any atom is -0.280 e. The van der Waals surface area contributed by atoms with Crippen LogP contribution in [0.1, 0.15) is 74.0 Å². The predicted molar refractivity (Wildman–Crippen MR) is 115 cm³/mol. The average Bonchev–Trinajstić information content (AvgIpc) is 3.01. The van der Waals surface area contributed by atoms with Crippen molar-refractivity contribution in [3.05, 3.63) is 71.2 Å². The first-order valence-corrected chi connectivity index (χ1v) is 10.6. The zero-order valence-corrected chi connectivity index (χ0v) is 17.0. The number of carbonyl (C=O) groups excluding carboxylic acids is 1. The highest BCUT2D eigenvalue weighted by molar-refractivity contribution is 6.04. The predicted octanol–water partition coefficient (Wildman–Crippen LogP) is 6.93. The molecule has 0 saturated heterocycles. The second kappa shape index (κ2) is 9.68. The Morgan fingerprint density at radius 2 is 1.61 bits per heavy atom. The van der Waals surface area contributed by atoms with Crippen LogP contribution in [-0.2, 0) is 12.8 Å². The number of carbonyl (C=O) groups is 1. The number of hydrogen-bond donors (Lipinski definition) is 0. The first-order chi connectivity index (χ1) is 13.7. The molecule has 0 atom stereocenters. The fraction of sp³-hybridized carbons (Fsp3) is 0.400. The van der Waals surface area contributed by atoms with Crippen molar-refractivity contribution in [2.45, 2.75) is 65.2 Å². The van der Waals surface area contributed by atoms with Crippen molar-refractivity contribution in [2.75, 3.05) is 0 Å². The first kappa shape index (κ1) is 20.3. The Morgan fingerprint density at radius 1 is 0.893 bits per heavy atom. The molecule has 0 fully saturated rings. The molecular weight excluding hydrogens is 349 g/mol. The lowest BCUT2D eigenvalue weighted by atomic mass is 10.0. The molecule has 148 valence electrons. The minimum absolute atomic E-state index is 0.135. The van der Waals surface area contributed by atoms with Crippen molar-refractivity contribution in [1.82, 2.24) is 4.57 Å². The Hall–Kier alpha value is -2.42. The van der Waals surface area contributed by atoms with E-state index in [0.29, 0.717) is 5.56 Å². The average molecular weight is 380 g/mol. The van der Waals surface area contributed by atoms with Crippen LogP contribution in [0.4, 0.5) is 4.39 Å². The van der Waals surface area contributed by atoms with Crippen LogP contribution in [0.15, 0.2) is 48.5 Å². The second-order valence-corrected chi connectivity index (χ2v) is 7.51. The number of rotatable bonds is 9. The van der Waals surface area contributed by atoms with Gasteiger partial charge in [0, 0.05) is 16.6 Å². The molecule has 0 radical (unpaired) electrons. The molecule has 0 aliphatic carbocycles. The van der Waals surface area contributed by atoms with E-state index in [1.807, 2.05) is 22.8 Å². The van der Waals surface area contributed by atoms with E-state index in [9.17, 15) is 9.18 Å². The van der Waals surface area contributed by atoms with E-state index in [2.05, 4.69) is 19.9 Å². The smallest absolute Gasteiger partial charge is 0.262 e. The van der Waals surface area contributed by atoms with E-state index in [-0.39, 0.29) is 11.7 Å². The van der Waals surface area contributed by atoms with Crippen LogP contribution in [-0.4, -0.2) is 10.5 Å². The number of unbranched alkanes of at least 4 members (excludes halogenated alkanes) is 4. The molecule has 0 aliphatic heterocycles. The van der Waals surface area contributed by atoms with Gasteiger partial charge in [-0.1, -0.05) is 63.8 Å². The molecule has 0 bridgehead atoms. The summed E-state index contributed by atoms with van der Waals surface area (Å²) < 4.78 is 15.6. The topological polar surface area (TPSA) is 22.0 Å². The van der Waals surface area contributed by atoms with Crippen LogP contribution < -0.4 is 0 Å². The standard InChI is InChI=1S/C25H30FNO/c1-3-5-7-14-21-22-15-9-10-17-24(22)27(23(21)16-8-6-4-2)25(28)19-12-11-13-20(26)18-19/h9-13,15,17-18H,3-8,14,16H2,1-2H3. The van der Waals surface area contributed by atoms with Gasteiger partial charge >= 0.3 is 0 Å². The van der Waals surface area contributed by atoms with Gasteiger partial charge in [0.05, 0.1) is 5.52 Å². The Balaban J connectivity index is 2.12. The van der Waals surface area contributed by atoms with Crippen LogP contribution in [0.2, 0.25) is 0 Å². The molecule has 3 aromatic rings. The molecule has 0 unspecified atom stereocenters. The van der Waals surface area contributed by atoms with Gasteiger partial charge < -0.3 is 0 Å². The van der Waals surface area contributed by atoms with E-state index < -0.39 is 0 Å². The van der Waals surface area contributed by atoms with Crippen LogP contribution in [0, 0.1) is 5.82 Å². The van der Waals surface area contributed by atoms with Crippen LogP contribution in [0.25, 0.3) is 10.9 Å². The number of halogens is 1. The van der Waals surface area contributed by atoms with Gasteiger partial charge in [0.2, 0.25) is 0 Å². The molecule has 28 heavy (non-hydrogen) atoms. The summed E-state index contributed by atoms with van der Waals surface area (Å²) in [7, 11) is 0. The lowest BCUT2D eigenvalue weighted by Gasteiger charge is -2.12. The third-order valence-corrected chi connectivity index (χ3v) is 5.41. The Morgan fingerprint density at radius 3 is 2.32 bits per heavy atom. The number of benzene rings is 2. The Labute approximate surface area is 167 Å². The summed E-state index contributed by atoms with van der Waals surface area (Å²) in [5.74, 6) is -0.512. The summed E-state index contributed by atoms with van der Waals surface area (Å²) in [6, 6.07) is 14.2. The highest BCUT2D eigenvalue weighted by Crippen LogP contribution is 2.30. The number of aromatic nitrogens is 1. The van der Waals surface area contributed by atoms with E-state index >= 15 is 0 Å². The lowest BCUT2D eigenvalue weighted by molar-refractivity contribution is 0.0961. The molecule has 1 heterocycles. The third kappa shape index (κ3) is 4.35. The third-order valence-electron chi connectivity index (χ3n) is 5.41. The maximum atomic E-state index is 13.8. The minimum atomic E-state index is -0.377. The number of nitrogens with zero attached hydrogens (tertiary/aromatic N) is 1. The monoisotopic (exact) mass is 379 g/mol. The normalized spacial score (nSPS) is 11.2. The molecule has 0 N–H and O–H groups in total. The van der Waals surface area contributed by atoms with Gasteiger partial charge in [-0.15, -0.1) is 0 Å². The summed E-state index contributed by atoms with van der Waals surface area (Å²) in [4.78, 5) is 13.4. The second-order valence-electron chi connectivity index (χ2n) is 7.51. The highest BCUT2D eigenvalue weighted by Gasteiger charge is 2.21. The molecule has 0 aliphatic rings. The molecule has 1 aromatic heterocycles. The van der Waals surface area contributed by atoms with E-state index in [4.69, 9.17) is 0 Å². The fourth-order valence-electron chi connectivity index (χ4n) is 3.98. The zero-order chi connectivity index (χ0) is 19.9. The molecule has 3 heteroatoms. The molecule has 2 aromatic carbocycles. The van der Waals surface area contributed by atoms with Crippen molar-refractivity contribution >= 4 is 16.8 Å². The fourth-order valence-corrected chi connectivity index (χ4v) is 3.98. The molecule has 3 rings (SSSR count). The molecule has 0 saturated carbocycles. The van der Waals surface area contributed by atoms with Gasteiger partial charge in [-0.25, -0.2) is 4.39 Å². The number of hydrogen-bond acceptors (Lipinski definition) is 1. The molecule has 0 spiro atoms. The molecule has 0 amide bonds. The highest BCUT2D eigenvalue weighted by atomic mass is 19.1. The van der Waals surface area contributed by atoms with Crippen LogP contribution in [0.3, 0.4) is 0 Å². The summed E-state index contributed by atoms with van der Waals surface area (Å²) >= 11 is 0. The quantitative estimate of drug-likeness (QED) is 0.369. The van der Waals surface area contributed by atoms with E-state index in [1.54, 1.807) is 12.1 Å². The van der Waals surface area contributed by atoms with Crippen LogP contribution in [0.5, 0.6) is 0 Å². The summed E-state index contributed by atoms with van der Waals surface area (Å²) in [5, 5.41) is 1.16. The summed E-state index contributed by atoms with van der Waals surface area (Å²) in [6.45, 7) is 4.40. The number of fused-ring (bicyclic) bond motifs is 1.